The Kier molecular flexibility index (Phi) is 5.71. The van der Waals surface area contributed by atoms with E-state index in [0.717, 1.165) is 18.2 Å². The number of nitrogens with one attached hydrogen (secondary N) is 1. The van der Waals surface area contributed by atoms with Crippen molar-refractivity contribution in [2.75, 3.05) is 13.7 Å². The van der Waals surface area contributed by atoms with Crippen molar-refractivity contribution in [3.63, 3.8) is 0 Å². The normalized spacial score (nSPS) is 12.8. The lowest BCUT2D eigenvalue weighted by Gasteiger charge is -2.16. The summed E-state index contributed by atoms with van der Waals surface area (Å²) in [5, 5.41) is 11.0. The van der Waals surface area contributed by atoms with Crippen molar-refractivity contribution in [3.05, 3.63) is 35.4 Å². The van der Waals surface area contributed by atoms with E-state index >= 15 is 0 Å². The maximum atomic E-state index is 12.8. The van der Waals surface area contributed by atoms with Crippen LogP contribution in [0.15, 0.2) is 24.3 Å². The number of carbonyl (C=O) groups is 2. The number of carbonyl (C=O) groups excluding carboxylic acids is 1. The summed E-state index contributed by atoms with van der Waals surface area (Å²) in [6, 6.07) is 2.86. The fraction of sp³-hybridized carbons (Fsp3) is 0.385. The van der Waals surface area contributed by atoms with E-state index in [1.807, 2.05) is 0 Å². The van der Waals surface area contributed by atoms with Gasteiger partial charge in [-0.2, -0.15) is 13.2 Å². The second-order valence-corrected chi connectivity index (χ2v) is 4.19. The van der Waals surface area contributed by atoms with Crippen LogP contribution < -0.4 is 5.32 Å². The number of carboxylic acids is 1. The Morgan fingerprint density at radius 2 is 1.95 bits per heavy atom. The van der Waals surface area contributed by atoms with Crippen molar-refractivity contribution in [3.8, 4) is 0 Å². The highest BCUT2D eigenvalue weighted by atomic mass is 19.4. The van der Waals surface area contributed by atoms with Crippen LogP contribution in [0.1, 0.15) is 22.3 Å². The van der Waals surface area contributed by atoms with Gasteiger partial charge in [-0.05, 0) is 12.1 Å². The molecular formula is C13H14F3NO4. The molecule has 0 saturated heterocycles. The highest BCUT2D eigenvalue weighted by Crippen LogP contribution is 2.31. The molecule has 1 atom stereocenters. The molecule has 1 amide bonds. The number of amides is 1. The van der Waals surface area contributed by atoms with E-state index in [9.17, 15) is 22.8 Å². The van der Waals surface area contributed by atoms with Crippen molar-refractivity contribution >= 4 is 11.9 Å². The summed E-state index contributed by atoms with van der Waals surface area (Å²) in [6.45, 7) is 0.0537. The standard InChI is InChI=1S/C13H14F3NO4/c1-21-7-6-10(12(19)20)17-11(18)8-4-2-3-5-9(8)13(14,15)16/h2-5,10H,6-7H2,1H3,(H,17,18)(H,19,20). The third-order valence-corrected chi connectivity index (χ3v) is 2.69. The van der Waals surface area contributed by atoms with Crippen LogP contribution in [0.25, 0.3) is 0 Å². The summed E-state index contributed by atoms with van der Waals surface area (Å²) in [7, 11) is 1.35. The van der Waals surface area contributed by atoms with Crippen LogP contribution in [0.5, 0.6) is 0 Å². The summed E-state index contributed by atoms with van der Waals surface area (Å²) in [6.07, 6.45) is -4.75. The number of hydrogen-bond donors (Lipinski definition) is 2. The molecule has 0 spiro atoms. The summed E-state index contributed by atoms with van der Waals surface area (Å²) in [4.78, 5) is 22.8. The Morgan fingerprint density at radius 1 is 1.33 bits per heavy atom. The van der Waals surface area contributed by atoms with Gasteiger partial charge in [0.2, 0.25) is 0 Å². The Bertz CT molecular complexity index is 516. The predicted molar refractivity (Wildman–Crippen MR) is 66.8 cm³/mol. The largest absolute Gasteiger partial charge is 0.480 e. The first-order valence-corrected chi connectivity index (χ1v) is 5.96. The maximum Gasteiger partial charge on any atom is 0.417 e. The summed E-state index contributed by atoms with van der Waals surface area (Å²) >= 11 is 0. The summed E-state index contributed by atoms with van der Waals surface area (Å²) < 4.78 is 43.1. The monoisotopic (exact) mass is 305 g/mol. The van der Waals surface area contributed by atoms with Crippen LogP contribution in [-0.4, -0.2) is 36.7 Å². The van der Waals surface area contributed by atoms with E-state index in [4.69, 9.17) is 9.84 Å². The molecule has 0 aromatic heterocycles. The molecule has 0 aliphatic carbocycles. The molecule has 1 rings (SSSR count). The van der Waals surface area contributed by atoms with Gasteiger partial charge in [0, 0.05) is 20.1 Å². The first kappa shape index (κ1) is 17.0. The minimum absolute atomic E-state index is 0.0498. The second-order valence-electron chi connectivity index (χ2n) is 4.19. The van der Waals surface area contributed by atoms with Crippen LogP contribution in [0.3, 0.4) is 0 Å². The van der Waals surface area contributed by atoms with Crippen LogP contribution in [-0.2, 0) is 15.7 Å². The Hall–Kier alpha value is -2.09. The lowest BCUT2D eigenvalue weighted by molar-refractivity contribution is -0.139. The number of methoxy groups -OCH3 is 1. The van der Waals surface area contributed by atoms with E-state index in [2.05, 4.69) is 5.32 Å². The Balaban J connectivity index is 2.96. The Morgan fingerprint density at radius 3 is 2.48 bits per heavy atom. The van der Waals surface area contributed by atoms with E-state index in [0.29, 0.717) is 0 Å². The first-order valence-electron chi connectivity index (χ1n) is 5.96. The SMILES string of the molecule is COCCC(NC(=O)c1ccccc1C(F)(F)F)C(=O)O. The molecule has 8 heteroatoms. The molecule has 0 aliphatic rings. The average molecular weight is 305 g/mol. The van der Waals surface area contributed by atoms with Gasteiger partial charge in [0.1, 0.15) is 6.04 Å². The fourth-order valence-corrected chi connectivity index (χ4v) is 1.66. The number of alkyl halides is 3. The van der Waals surface area contributed by atoms with E-state index in [1.54, 1.807) is 0 Å². The molecule has 0 saturated carbocycles. The molecule has 0 radical (unpaired) electrons. The van der Waals surface area contributed by atoms with Crippen LogP contribution >= 0.6 is 0 Å². The van der Waals surface area contributed by atoms with Gasteiger partial charge in [0.05, 0.1) is 11.1 Å². The van der Waals surface area contributed by atoms with Crippen LogP contribution in [0.2, 0.25) is 0 Å². The Labute approximate surface area is 118 Å². The minimum atomic E-state index is -4.70. The smallest absolute Gasteiger partial charge is 0.417 e. The lowest BCUT2D eigenvalue weighted by Crippen LogP contribution is -2.42. The minimum Gasteiger partial charge on any atom is -0.480 e. The number of halogens is 3. The topological polar surface area (TPSA) is 75.6 Å². The number of hydrogen-bond acceptors (Lipinski definition) is 3. The van der Waals surface area contributed by atoms with Crippen molar-refractivity contribution < 1.29 is 32.6 Å². The number of carboxylic acid groups (broad SMARTS) is 1. The molecule has 0 fully saturated rings. The van der Waals surface area contributed by atoms with E-state index in [1.165, 1.54) is 13.2 Å². The fourth-order valence-electron chi connectivity index (χ4n) is 1.66. The van der Waals surface area contributed by atoms with Crippen LogP contribution in [0, 0.1) is 0 Å². The van der Waals surface area contributed by atoms with Gasteiger partial charge < -0.3 is 15.2 Å². The molecule has 0 aliphatic heterocycles. The van der Waals surface area contributed by atoms with Crippen LogP contribution in [0.4, 0.5) is 13.2 Å². The molecule has 1 unspecified atom stereocenters. The molecule has 5 nitrogen and oxygen atoms in total. The lowest BCUT2D eigenvalue weighted by atomic mass is 10.1. The van der Waals surface area contributed by atoms with Gasteiger partial charge >= 0.3 is 12.1 Å². The number of rotatable bonds is 6. The molecule has 0 heterocycles. The maximum absolute atomic E-state index is 12.8. The van der Waals surface area contributed by atoms with Crippen molar-refractivity contribution in [2.24, 2.45) is 0 Å². The summed E-state index contributed by atoms with van der Waals surface area (Å²) in [5.41, 5.74) is -1.73. The van der Waals surface area contributed by atoms with Gasteiger partial charge in [0.15, 0.2) is 0 Å². The quantitative estimate of drug-likeness (QED) is 0.842. The molecule has 116 valence electrons. The third-order valence-electron chi connectivity index (χ3n) is 2.69. The van der Waals surface area contributed by atoms with Gasteiger partial charge in [-0.3, -0.25) is 4.79 Å². The zero-order valence-corrected chi connectivity index (χ0v) is 11.1. The number of aliphatic carboxylic acids is 1. The van der Waals surface area contributed by atoms with Gasteiger partial charge in [-0.25, -0.2) is 4.79 Å². The third kappa shape index (κ3) is 4.75. The highest BCUT2D eigenvalue weighted by Gasteiger charge is 2.35. The predicted octanol–water partition coefficient (Wildman–Crippen LogP) is 1.92. The molecule has 0 bridgehead atoms. The van der Waals surface area contributed by atoms with Crippen molar-refractivity contribution in [2.45, 2.75) is 18.6 Å². The van der Waals surface area contributed by atoms with E-state index in [-0.39, 0.29) is 13.0 Å². The van der Waals surface area contributed by atoms with E-state index < -0.39 is 35.2 Å². The first-order chi connectivity index (χ1) is 9.77. The molecule has 21 heavy (non-hydrogen) atoms. The van der Waals surface area contributed by atoms with Gasteiger partial charge in [-0.15, -0.1) is 0 Å². The molecule has 2 N–H and O–H groups in total. The molecular weight excluding hydrogens is 291 g/mol. The zero-order chi connectivity index (χ0) is 16.0. The summed E-state index contributed by atoms with van der Waals surface area (Å²) in [5.74, 6) is -2.43. The second kappa shape index (κ2) is 7.07. The van der Waals surface area contributed by atoms with Gasteiger partial charge in [0.25, 0.3) is 5.91 Å². The molecule has 1 aromatic carbocycles. The molecule has 1 aromatic rings. The van der Waals surface area contributed by atoms with Crippen molar-refractivity contribution in [1.82, 2.24) is 5.32 Å². The number of ether oxygens (including phenoxy) is 1. The average Bonchev–Trinajstić information content (AvgIpc) is 2.42. The van der Waals surface area contributed by atoms with Crippen molar-refractivity contribution in [1.29, 1.82) is 0 Å². The van der Waals surface area contributed by atoms with Gasteiger partial charge in [-0.1, -0.05) is 12.1 Å². The number of benzene rings is 1. The highest BCUT2D eigenvalue weighted by molar-refractivity contribution is 5.98. The zero-order valence-electron chi connectivity index (χ0n) is 11.1.